The first-order chi connectivity index (χ1) is 6.24. The van der Waals surface area contributed by atoms with Gasteiger partial charge in [-0.1, -0.05) is 0 Å². The van der Waals surface area contributed by atoms with Crippen molar-refractivity contribution in [3.8, 4) is 5.75 Å². The second kappa shape index (κ2) is 4.40. The van der Waals surface area contributed by atoms with Crippen molar-refractivity contribution in [1.29, 1.82) is 0 Å². The number of ether oxygens (including phenoxy) is 1. The highest BCUT2D eigenvalue weighted by Gasteiger charge is 1.98. The minimum absolute atomic E-state index is 0.00787. The van der Waals surface area contributed by atoms with Crippen LogP contribution in [0.2, 0.25) is 0 Å². The maximum atomic E-state index is 10.9. The third-order valence-electron chi connectivity index (χ3n) is 1.56. The lowest BCUT2D eigenvalue weighted by molar-refractivity contribution is 0.101. The summed E-state index contributed by atoms with van der Waals surface area (Å²) in [4.78, 5) is 20.7. The number of hydrogen-bond acceptors (Lipinski definition) is 3. The molecule has 0 aliphatic rings. The molecule has 0 atom stereocenters. The van der Waals surface area contributed by atoms with E-state index in [0.717, 1.165) is 0 Å². The van der Waals surface area contributed by atoms with Crippen molar-refractivity contribution in [1.82, 2.24) is 0 Å². The van der Waals surface area contributed by atoms with E-state index in [9.17, 15) is 9.59 Å². The largest absolute Gasteiger partial charge is 0.485 e. The van der Waals surface area contributed by atoms with Gasteiger partial charge in [0, 0.05) is 5.56 Å². The number of carbonyl (C=O) groups is 1. The van der Waals surface area contributed by atoms with E-state index in [1.807, 2.05) is 0 Å². The molecular formula is C10H9O3. The molecule has 1 radical (unpaired) electrons. The molecule has 3 heteroatoms. The molecule has 0 fully saturated rings. The molecule has 0 amide bonds. The van der Waals surface area contributed by atoms with Gasteiger partial charge in [0.15, 0.2) is 12.4 Å². The highest BCUT2D eigenvalue weighted by molar-refractivity contribution is 5.94. The Morgan fingerprint density at radius 2 is 2.00 bits per heavy atom. The highest BCUT2D eigenvalue weighted by Crippen LogP contribution is 2.11. The zero-order chi connectivity index (χ0) is 9.68. The van der Waals surface area contributed by atoms with Crippen molar-refractivity contribution in [2.24, 2.45) is 0 Å². The summed E-state index contributed by atoms with van der Waals surface area (Å²) in [5, 5.41) is 0. The topological polar surface area (TPSA) is 43.4 Å². The lowest BCUT2D eigenvalue weighted by Gasteiger charge is -2.01. The first kappa shape index (κ1) is 9.45. The van der Waals surface area contributed by atoms with Gasteiger partial charge in [0.05, 0.1) is 0 Å². The van der Waals surface area contributed by atoms with Crippen molar-refractivity contribution < 1.29 is 14.3 Å². The predicted molar refractivity (Wildman–Crippen MR) is 47.6 cm³/mol. The minimum Gasteiger partial charge on any atom is -0.485 e. The van der Waals surface area contributed by atoms with Crippen LogP contribution >= 0.6 is 0 Å². The van der Waals surface area contributed by atoms with Gasteiger partial charge in [-0.05, 0) is 31.2 Å². The summed E-state index contributed by atoms with van der Waals surface area (Å²) >= 11 is 0. The van der Waals surface area contributed by atoms with E-state index < -0.39 is 0 Å². The van der Waals surface area contributed by atoms with E-state index in [1.54, 1.807) is 30.6 Å². The summed E-state index contributed by atoms with van der Waals surface area (Å²) in [6, 6.07) is 6.60. The van der Waals surface area contributed by atoms with Gasteiger partial charge >= 0.3 is 0 Å². The van der Waals surface area contributed by atoms with Crippen LogP contribution in [-0.2, 0) is 4.79 Å². The SMILES string of the molecule is CC(=O)c1ccc(OC[C]=O)cc1. The maximum absolute atomic E-state index is 10.9. The Hall–Kier alpha value is -1.64. The molecule has 0 saturated heterocycles. The third-order valence-corrected chi connectivity index (χ3v) is 1.56. The fraction of sp³-hybridized carbons (Fsp3) is 0.200. The van der Waals surface area contributed by atoms with Crippen LogP contribution in [0.5, 0.6) is 5.75 Å². The Labute approximate surface area is 76.3 Å². The molecule has 0 N–H and O–H groups in total. The smallest absolute Gasteiger partial charge is 0.239 e. The van der Waals surface area contributed by atoms with E-state index in [-0.39, 0.29) is 12.4 Å². The first-order valence-electron chi connectivity index (χ1n) is 3.83. The third kappa shape index (κ3) is 2.71. The van der Waals surface area contributed by atoms with Crippen molar-refractivity contribution in [2.45, 2.75) is 6.92 Å². The summed E-state index contributed by atoms with van der Waals surface area (Å²) in [6.45, 7) is 1.41. The number of carbonyl (C=O) groups excluding carboxylic acids is 2. The lowest BCUT2D eigenvalue weighted by Crippen LogP contribution is -1.98. The van der Waals surface area contributed by atoms with Crippen molar-refractivity contribution in [2.75, 3.05) is 6.61 Å². The molecule has 1 aromatic rings. The Balaban J connectivity index is 2.69. The molecule has 1 aromatic carbocycles. The van der Waals surface area contributed by atoms with Crippen LogP contribution in [0.15, 0.2) is 24.3 Å². The zero-order valence-electron chi connectivity index (χ0n) is 7.24. The normalized spacial score (nSPS) is 9.31. The zero-order valence-corrected chi connectivity index (χ0v) is 7.24. The number of benzene rings is 1. The molecule has 0 unspecified atom stereocenters. The standard InChI is InChI=1S/C10H9O3/c1-8(12)9-2-4-10(5-3-9)13-7-6-11/h2-5H,7H2,1H3. The number of hydrogen-bond donors (Lipinski definition) is 0. The molecular weight excluding hydrogens is 168 g/mol. The predicted octanol–water partition coefficient (Wildman–Crippen LogP) is 1.38. The van der Waals surface area contributed by atoms with Gasteiger partial charge in [0.2, 0.25) is 6.29 Å². The van der Waals surface area contributed by atoms with Crippen LogP contribution in [0, 0.1) is 0 Å². The Kier molecular flexibility index (Phi) is 3.20. The Morgan fingerprint density at radius 3 is 2.46 bits per heavy atom. The van der Waals surface area contributed by atoms with E-state index in [2.05, 4.69) is 0 Å². The fourth-order valence-corrected chi connectivity index (χ4v) is 0.899. The number of ketones is 1. The van der Waals surface area contributed by atoms with Crippen LogP contribution in [0.1, 0.15) is 17.3 Å². The second-order valence-corrected chi connectivity index (χ2v) is 2.51. The number of Topliss-reactive ketones (excluding diaryl/α,β-unsaturated/α-hetero) is 1. The van der Waals surface area contributed by atoms with Gasteiger partial charge in [-0.15, -0.1) is 0 Å². The number of rotatable bonds is 4. The Bertz CT molecular complexity index is 300. The monoisotopic (exact) mass is 177 g/mol. The van der Waals surface area contributed by atoms with Gasteiger partial charge < -0.3 is 4.74 Å². The van der Waals surface area contributed by atoms with Crippen LogP contribution < -0.4 is 4.74 Å². The van der Waals surface area contributed by atoms with Crippen LogP contribution in [0.4, 0.5) is 0 Å². The average Bonchev–Trinajstić information content (AvgIpc) is 2.15. The quantitative estimate of drug-likeness (QED) is 0.652. The summed E-state index contributed by atoms with van der Waals surface area (Å²) in [7, 11) is 0. The molecule has 0 heterocycles. The summed E-state index contributed by atoms with van der Waals surface area (Å²) < 4.78 is 4.95. The Morgan fingerprint density at radius 1 is 1.38 bits per heavy atom. The molecule has 13 heavy (non-hydrogen) atoms. The van der Waals surface area contributed by atoms with Gasteiger partial charge in [0.1, 0.15) is 5.75 Å². The average molecular weight is 177 g/mol. The van der Waals surface area contributed by atoms with Crippen LogP contribution in [0.25, 0.3) is 0 Å². The van der Waals surface area contributed by atoms with E-state index in [0.29, 0.717) is 11.3 Å². The molecule has 0 saturated carbocycles. The van der Waals surface area contributed by atoms with E-state index >= 15 is 0 Å². The molecule has 0 bridgehead atoms. The van der Waals surface area contributed by atoms with Crippen molar-refractivity contribution in [3.63, 3.8) is 0 Å². The molecule has 1 rings (SSSR count). The summed E-state index contributed by atoms with van der Waals surface area (Å²) in [5.41, 5.74) is 0.627. The van der Waals surface area contributed by atoms with Gasteiger partial charge in [-0.3, -0.25) is 9.59 Å². The van der Waals surface area contributed by atoms with Crippen LogP contribution in [-0.4, -0.2) is 18.7 Å². The van der Waals surface area contributed by atoms with E-state index in [1.165, 1.54) is 6.92 Å². The molecule has 3 nitrogen and oxygen atoms in total. The van der Waals surface area contributed by atoms with Gasteiger partial charge in [-0.25, -0.2) is 0 Å². The molecule has 0 aliphatic carbocycles. The summed E-state index contributed by atoms with van der Waals surface area (Å²) in [5.74, 6) is 0.571. The molecule has 0 spiro atoms. The molecule has 67 valence electrons. The maximum Gasteiger partial charge on any atom is 0.239 e. The molecule has 0 aromatic heterocycles. The van der Waals surface area contributed by atoms with Crippen molar-refractivity contribution >= 4 is 12.1 Å². The van der Waals surface area contributed by atoms with E-state index in [4.69, 9.17) is 4.74 Å². The lowest BCUT2D eigenvalue weighted by atomic mass is 10.1. The van der Waals surface area contributed by atoms with Gasteiger partial charge in [-0.2, -0.15) is 0 Å². The second-order valence-electron chi connectivity index (χ2n) is 2.51. The fourth-order valence-electron chi connectivity index (χ4n) is 0.899. The van der Waals surface area contributed by atoms with Gasteiger partial charge in [0.25, 0.3) is 0 Å². The summed E-state index contributed by atoms with van der Waals surface area (Å²) in [6.07, 6.45) is 1.61. The van der Waals surface area contributed by atoms with Crippen molar-refractivity contribution in [3.05, 3.63) is 29.8 Å². The highest BCUT2D eigenvalue weighted by atomic mass is 16.5. The first-order valence-corrected chi connectivity index (χ1v) is 3.83. The molecule has 0 aliphatic heterocycles. The minimum atomic E-state index is -0.0839. The van der Waals surface area contributed by atoms with Crippen LogP contribution in [0.3, 0.4) is 0 Å².